The molecule has 1 aliphatic rings. The van der Waals surface area contributed by atoms with Crippen LogP contribution >= 0.6 is 11.6 Å². The van der Waals surface area contributed by atoms with Gasteiger partial charge in [-0.3, -0.25) is 14.4 Å². The van der Waals surface area contributed by atoms with Crippen LogP contribution in [0.3, 0.4) is 0 Å². The molecular weight excluding hydrogens is 376 g/mol. The molecule has 0 heterocycles. The molecule has 2 unspecified atom stereocenters. The summed E-state index contributed by atoms with van der Waals surface area (Å²) in [6.07, 6.45) is 0.194. The largest absolute Gasteiger partial charge is 0.345 e. The van der Waals surface area contributed by atoms with Crippen molar-refractivity contribution in [2.45, 2.75) is 38.3 Å². The smallest absolute Gasteiger partial charge is 0.242 e. The fourth-order valence-electron chi connectivity index (χ4n) is 3.53. The maximum atomic E-state index is 13.0. The number of benzene rings is 2. The van der Waals surface area contributed by atoms with Crippen LogP contribution in [0.2, 0.25) is 0 Å². The number of ketones is 1. The lowest BCUT2D eigenvalue weighted by Gasteiger charge is -2.20. The number of rotatable bonds is 7. The second-order valence-electron chi connectivity index (χ2n) is 6.97. The Morgan fingerprint density at radius 3 is 1.96 bits per heavy atom. The number of fused-ring (bicyclic) bond motifs is 3. The number of hydrogen-bond donors (Lipinski definition) is 2. The minimum absolute atomic E-state index is 0.138. The molecule has 5 nitrogen and oxygen atoms in total. The summed E-state index contributed by atoms with van der Waals surface area (Å²) >= 11 is 5.57. The topological polar surface area (TPSA) is 75.3 Å². The molecule has 2 amide bonds. The molecule has 0 aromatic heterocycles. The zero-order valence-electron chi connectivity index (χ0n) is 15.9. The third-order valence-electron chi connectivity index (χ3n) is 5.03. The van der Waals surface area contributed by atoms with Crippen LogP contribution in [0.4, 0.5) is 0 Å². The molecule has 2 N–H and O–H groups in total. The second kappa shape index (κ2) is 8.57. The molecule has 2 aromatic carbocycles. The van der Waals surface area contributed by atoms with E-state index in [1.807, 2.05) is 48.5 Å². The van der Waals surface area contributed by atoms with Gasteiger partial charge in [0.1, 0.15) is 6.04 Å². The monoisotopic (exact) mass is 398 g/mol. The molecule has 28 heavy (non-hydrogen) atoms. The summed E-state index contributed by atoms with van der Waals surface area (Å²) in [6.45, 7) is 3.23. The molecule has 0 fully saturated rings. The number of alkyl halides is 1. The van der Waals surface area contributed by atoms with Crippen molar-refractivity contribution < 1.29 is 14.4 Å². The number of hydrogen-bond acceptors (Lipinski definition) is 3. The van der Waals surface area contributed by atoms with Gasteiger partial charge in [0.25, 0.3) is 0 Å². The molecule has 1 aliphatic carbocycles. The van der Waals surface area contributed by atoms with Crippen LogP contribution in [0.15, 0.2) is 48.5 Å². The van der Waals surface area contributed by atoms with E-state index in [2.05, 4.69) is 10.6 Å². The molecule has 0 aliphatic heterocycles. The van der Waals surface area contributed by atoms with Crippen molar-refractivity contribution in [3.05, 3.63) is 59.7 Å². The van der Waals surface area contributed by atoms with Crippen molar-refractivity contribution >= 4 is 29.2 Å². The third kappa shape index (κ3) is 3.94. The van der Waals surface area contributed by atoms with Gasteiger partial charge in [-0.15, -0.1) is 11.6 Å². The summed E-state index contributed by atoms with van der Waals surface area (Å²) in [5.74, 6) is -1.02. The van der Waals surface area contributed by atoms with Crippen molar-refractivity contribution in [3.8, 4) is 11.1 Å². The predicted molar refractivity (Wildman–Crippen MR) is 109 cm³/mol. The summed E-state index contributed by atoms with van der Waals surface area (Å²) in [4.78, 5) is 37.2. The molecule has 6 heteroatoms. The molecule has 0 saturated heterocycles. The third-order valence-corrected chi connectivity index (χ3v) is 5.22. The predicted octanol–water partition coefficient (Wildman–Crippen LogP) is 3.01. The highest BCUT2D eigenvalue weighted by molar-refractivity contribution is 6.19. The Labute approximate surface area is 169 Å². The molecule has 0 spiro atoms. The summed E-state index contributed by atoms with van der Waals surface area (Å²) in [5.41, 5.74) is 3.94. The van der Waals surface area contributed by atoms with Gasteiger partial charge < -0.3 is 10.6 Å². The van der Waals surface area contributed by atoms with Crippen molar-refractivity contribution in [2.24, 2.45) is 0 Å². The lowest BCUT2D eigenvalue weighted by molar-refractivity contribution is -0.131. The van der Waals surface area contributed by atoms with E-state index in [0.717, 1.165) is 22.3 Å². The van der Waals surface area contributed by atoms with E-state index in [1.54, 1.807) is 13.8 Å². The Bertz CT molecular complexity index is 867. The van der Waals surface area contributed by atoms with Gasteiger partial charge in [0.05, 0.1) is 12.0 Å². The second-order valence-corrected chi connectivity index (χ2v) is 7.35. The van der Waals surface area contributed by atoms with E-state index in [1.165, 1.54) is 0 Å². The molecule has 0 bridgehead atoms. The summed E-state index contributed by atoms with van der Waals surface area (Å²) in [5, 5.41) is 5.43. The Morgan fingerprint density at radius 1 is 0.893 bits per heavy atom. The van der Waals surface area contributed by atoms with E-state index in [9.17, 15) is 14.4 Å². The van der Waals surface area contributed by atoms with Crippen LogP contribution < -0.4 is 10.6 Å². The van der Waals surface area contributed by atoms with Crippen LogP contribution in [0.25, 0.3) is 11.1 Å². The average molecular weight is 399 g/mol. The van der Waals surface area contributed by atoms with Gasteiger partial charge in [-0.2, -0.15) is 0 Å². The lowest BCUT2D eigenvalue weighted by atomic mass is 9.96. The Balaban J connectivity index is 1.73. The minimum Gasteiger partial charge on any atom is -0.345 e. The summed E-state index contributed by atoms with van der Waals surface area (Å²) in [7, 11) is 0. The number of nitrogens with one attached hydrogen (secondary N) is 2. The Kier molecular flexibility index (Phi) is 6.15. The fraction of sp³-hybridized carbons (Fsp3) is 0.318. The van der Waals surface area contributed by atoms with Crippen LogP contribution in [0.1, 0.15) is 37.3 Å². The fourth-order valence-corrected chi connectivity index (χ4v) is 3.72. The summed E-state index contributed by atoms with van der Waals surface area (Å²) in [6, 6.07) is 14.2. The van der Waals surface area contributed by atoms with E-state index < -0.39 is 23.9 Å². The van der Waals surface area contributed by atoms with E-state index >= 15 is 0 Å². The molecule has 2 aromatic rings. The standard InChI is InChI=1S/C22H23ClN2O3/c1-13(19(26)11-12-23)24-21(27)14(2)25-22(28)20-17-9-5-3-7-15(17)16-8-4-6-10-18(16)20/h3-10,13-14,20H,11-12H2,1-2H3,(H,24,27)(H,25,28). The van der Waals surface area contributed by atoms with Gasteiger partial charge in [-0.25, -0.2) is 0 Å². The first-order valence-corrected chi connectivity index (χ1v) is 9.85. The Hall–Kier alpha value is -2.66. The first kappa shape index (κ1) is 20.1. The van der Waals surface area contributed by atoms with Gasteiger partial charge in [0.2, 0.25) is 11.8 Å². The normalized spacial score (nSPS) is 14.5. The highest BCUT2D eigenvalue weighted by Crippen LogP contribution is 2.44. The minimum atomic E-state index is -0.765. The van der Waals surface area contributed by atoms with Gasteiger partial charge in [0, 0.05) is 12.3 Å². The van der Waals surface area contributed by atoms with Crippen LogP contribution in [0.5, 0.6) is 0 Å². The Morgan fingerprint density at radius 2 is 1.43 bits per heavy atom. The van der Waals surface area contributed by atoms with Gasteiger partial charge >= 0.3 is 0 Å². The van der Waals surface area contributed by atoms with Gasteiger partial charge in [0.15, 0.2) is 5.78 Å². The number of carbonyl (C=O) groups excluding carboxylic acids is 3. The highest BCUT2D eigenvalue weighted by atomic mass is 35.5. The number of amides is 2. The van der Waals surface area contributed by atoms with Crippen LogP contribution in [0, 0.1) is 0 Å². The summed E-state index contributed by atoms with van der Waals surface area (Å²) < 4.78 is 0. The first-order valence-electron chi connectivity index (χ1n) is 9.31. The van der Waals surface area contributed by atoms with E-state index in [4.69, 9.17) is 11.6 Å². The zero-order chi connectivity index (χ0) is 20.3. The maximum absolute atomic E-state index is 13.0. The van der Waals surface area contributed by atoms with Gasteiger partial charge in [-0.05, 0) is 36.1 Å². The molecule has 0 saturated carbocycles. The lowest BCUT2D eigenvalue weighted by Crippen LogP contribution is -2.50. The van der Waals surface area contributed by atoms with E-state index in [0.29, 0.717) is 0 Å². The molecule has 146 valence electrons. The van der Waals surface area contributed by atoms with Crippen molar-refractivity contribution in [1.82, 2.24) is 10.6 Å². The van der Waals surface area contributed by atoms with Crippen LogP contribution in [-0.2, 0) is 14.4 Å². The van der Waals surface area contributed by atoms with Crippen LogP contribution in [-0.4, -0.2) is 35.6 Å². The maximum Gasteiger partial charge on any atom is 0.242 e. The number of Topliss-reactive ketones (excluding diaryl/α,β-unsaturated/α-hetero) is 1. The quantitative estimate of drug-likeness (QED) is 0.704. The van der Waals surface area contributed by atoms with Crippen molar-refractivity contribution in [3.63, 3.8) is 0 Å². The van der Waals surface area contributed by atoms with Crippen molar-refractivity contribution in [1.29, 1.82) is 0 Å². The average Bonchev–Trinajstić information content (AvgIpc) is 3.02. The molecular formula is C22H23ClN2O3. The molecule has 0 radical (unpaired) electrons. The number of halogens is 1. The highest BCUT2D eigenvalue weighted by Gasteiger charge is 2.34. The van der Waals surface area contributed by atoms with E-state index in [-0.39, 0.29) is 24.0 Å². The zero-order valence-corrected chi connectivity index (χ0v) is 16.6. The SMILES string of the molecule is CC(NC(=O)C(C)NC(=O)C1c2ccccc2-c2ccccc21)C(=O)CCCl. The van der Waals surface area contributed by atoms with Crippen molar-refractivity contribution in [2.75, 3.05) is 5.88 Å². The van der Waals surface area contributed by atoms with Gasteiger partial charge in [-0.1, -0.05) is 48.5 Å². The molecule has 3 rings (SSSR count). The molecule has 2 atom stereocenters. The number of carbonyl (C=O) groups is 3. The first-order chi connectivity index (χ1) is 13.4.